The Balaban J connectivity index is 1.73. The second kappa shape index (κ2) is 6.85. The quantitative estimate of drug-likeness (QED) is 0.711. The Labute approximate surface area is 142 Å². The molecule has 0 aliphatic heterocycles. The summed E-state index contributed by atoms with van der Waals surface area (Å²) in [5, 5.41) is 10.9. The van der Waals surface area contributed by atoms with Gasteiger partial charge in [-0.15, -0.1) is 16.9 Å². The van der Waals surface area contributed by atoms with E-state index < -0.39 is 0 Å². The third-order valence-electron chi connectivity index (χ3n) is 3.09. The Hall–Kier alpha value is -2.31. The van der Waals surface area contributed by atoms with Crippen molar-refractivity contribution < 1.29 is 9.21 Å². The smallest absolute Gasteiger partial charge is 0.322 e. The van der Waals surface area contributed by atoms with Gasteiger partial charge in [-0.25, -0.2) is 0 Å². The number of carbonyl (C=O) groups excluding carboxylic acids is 1. The van der Waals surface area contributed by atoms with E-state index in [0.717, 1.165) is 10.5 Å². The molecule has 2 aromatic carbocycles. The third-order valence-corrected chi connectivity index (χ3v) is 4.08. The van der Waals surface area contributed by atoms with Crippen molar-refractivity contribution in [1.82, 2.24) is 10.2 Å². The van der Waals surface area contributed by atoms with Gasteiger partial charge in [0.05, 0.1) is 0 Å². The molecule has 0 radical (unpaired) electrons. The van der Waals surface area contributed by atoms with E-state index in [2.05, 4.69) is 15.5 Å². The molecule has 116 valence electrons. The van der Waals surface area contributed by atoms with E-state index >= 15 is 0 Å². The van der Waals surface area contributed by atoms with Gasteiger partial charge in [0.25, 0.3) is 5.91 Å². The average Bonchev–Trinajstić information content (AvgIpc) is 3.04. The molecule has 0 aliphatic rings. The summed E-state index contributed by atoms with van der Waals surface area (Å²) in [4.78, 5) is 13.2. The van der Waals surface area contributed by atoms with Crippen molar-refractivity contribution in [2.45, 2.75) is 4.90 Å². The third kappa shape index (κ3) is 3.72. The van der Waals surface area contributed by atoms with Crippen molar-refractivity contribution in [2.75, 3.05) is 11.6 Å². The Kier molecular flexibility index (Phi) is 4.64. The molecule has 0 aliphatic carbocycles. The Morgan fingerprint density at radius 1 is 1.09 bits per heavy atom. The summed E-state index contributed by atoms with van der Waals surface area (Å²) < 4.78 is 5.45. The van der Waals surface area contributed by atoms with E-state index in [1.807, 2.05) is 18.4 Å². The Morgan fingerprint density at radius 3 is 2.43 bits per heavy atom. The molecule has 0 bridgehead atoms. The SMILES string of the molecule is CSc1ccc(C(=O)Nc2nnc(-c3ccc(Cl)cc3)o2)cc1. The number of thioether (sulfide) groups is 1. The zero-order valence-electron chi connectivity index (χ0n) is 12.1. The van der Waals surface area contributed by atoms with Crippen molar-refractivity contribution >= 4 is 35.3 Å². The van der Waals surface area contributed by atoms with Gasteiger partial charge < -0.3 is 4.42 Å². The molecule has 5 nitrogen and oxygen atoms in total. The molecule has 0 atom stereocenters. The van der Waals surface area contributed by atoms with Crippen LogP contribution < -0.4 is 5.32 Å². The van der Waals surface area contributed by atoms with Crippen LogP contribution in [-0.4, -0.2) is 22.4 Å². The maximum absolute atomic E-state index is 12.1. The number of amides is 1. The molecular formula is C16H12ClN3O2S. The maximum atomic E-state index is 12.1. The maximum Gasteiger partial charge on any atom is 0.322 e. The first-order valence-electron chi connectivity index (χ1n) is 6.70. The molecule has 23 heavy (non-hydrogen) atoms. The van der Waals surface area contributed by atoms with Gasteiger partial charge in [-0.05, 0) is 54.8 Å². The number of nitrogens with one attached hydrogen (secondary N) is 1. The van der Waals surface area contributed by atoms with Gasteiger partial charge in [0.2, 0.25) is 5.89 Å². The van der Waals surface area contributed by atoms with Crippen LogP contribution in [0.3, 0.4) is 0 Å². The van der Waals surface area contributed by atoms with Crippen LogP contribution in [0.25, 0.3) is 11.5 Å². The molecule has 1 aromatic heterocycles. The summed E-state index contributed by atoms with van der Waals surface area (Å²) in [5.41, 5.74) is 1.25. The average molecular weight is 346 g/mol. The Morgan fingerprint density at radius 2 is 1.78 bits per heavy atom. The molecule has 7 heteroatoms. The van der Waals surface area contributed by atoms with Gasteiger partial charge in [-0.3, -0.25) is 10.1 Å². The van der Waals surface area contributed by atoms with E-state index in [4.69, 9.17) is 16.0 Å². The van der Waals surface area contributed by atoms with Gasteiger partial charge in [-0.2, -0.15) is 0 Å². The van der Waals surface area contributed by atoms with Crippen molar-refractivity contribution in [3.8, 4) is 11.5 Å². The van der Waals surface area contributed by atoms with E-state index in [0.29, 0.717) is 16.5 Å². The number of nitrogens with zero attached hydrogens (tertiary/aromatic N) is 2. The fourth-order valence-electron chi connectivity index (χ4n) is 1.89. The second-order valence-electron chi connectivity index (χ2n) is 4.60. The molecular weight excluding hydrogens is 334 g/mol. The highest BCUT2D eigenvalue weighted by Crippen LogP contribution is 2.22. The molecule has 1 N–H and O–H groups in total. The highest BCUT2D eigenvalue weighted by Gasteiger charge is 2.12. The number of anilines is 1. The van der Waals surface area contributed by atoms with Crippen LogP contribution in [0.5, 0.6) is 0 Å². The summed E-state index contributed by atoms with van der Waals surface area (Å²) >= 11 is 7.45. The predicted molar refractivity (Wildman–Crippen MR) is 90.9 cm³/mol. The number of benzene rings is 2. The number of carbonyl (C=O) groups is 1. The van der Waals surface area contributed by atoms with Crippen LogP contribution in [0.2, 0.25) is 5.02 Å². The van der Waals surface area contributed by atoms with Crippen LogP contribution in [0.4, 0.5) is 6.01 Å². The largest absolute Gasteiger partial charge is 0.403 e. The molecule has 0 unspecified atom stereocenters. The predicted octanol–water partition coefficient (Wildman–Crippen LogP) is 4.36. The number of hydrogen-bond donors (Lipinski definition) is 1. The lowest BCUT2D eigenvalue weighted by atomic mass is 10.2. The topological polar surface area (TPSA) is 68.0 Å². The van der Waals surface area contributed by atoms with Crippen molar-refractivity contribution in [3.63, 3.8) is 0 Å². The molecule has 0 spiro atoms. The lowest BCUT2D eigenvalue weighted by molar-refractivity contribution is 0.102. The monoisotopic (exact) mass is 345 g/mol. The normalized spacial score (nSPS) is 10.5. The van der Waals surface area contributed by atoms with Crippen molar-refractivity contribution in [1.29, 1.82) is 0 Å². The van der Waals surface area contributed by atoms with Crippen molar-refractivity contribution in [3.05, 3.63) is 59.1 Å². The molecule has 3 aromatic rings. The highest BCUT2D eigenvalue weighted by molar-refractivity contribution is 7.98. The first-order chi connectivity index (χ1) is 11.2. The molecule has 3 rings (SSSR count). The minimum Gasteiger partial charge on any atom is -0.403 e. The van der Waals surface area contributed by atoms with E-state index in [9.17, 15) is 4.79 Å². The van der Waals surface area contributed by atoms with Gasteiger partial charge >= 0.3 is 6.01 Å². The summed E-state index contributed by atoms with van der Waals surface area (Å²) in [6.07, 6.45) is 1.98. The minimum atomic E-state index is -0.302. The molecule has 1 heterocycles. The van der Waals surface area contributed by atoms with Crippen LogP contribution >= 0.6 is 23.4 Å². The number of halogens is 1. The molecule has 1 amide bonds. The lowest BCUT2D eigenvalue weighted by Crippen LogP contribution is -2.11. The van der Waals surface area contributed by atoms with E-state index in [1.165, 1.54) is 0 Å². The van der Waals surface area contributed by atoms with Gasteiger partial charge in [0.1, 0.15) is 0 Å². The first-order valence-corrected chi connectivity index (χ1v) is 8.31. The number of rotatable bonds is 4. The van der Waals surface area contributed by atoms with Crippen LogP contribution in [-0.2, 0) is 0 Å². The van der Waals surface area contributed by atoms with E-state index in [1.54, 1.807) is 48.2 Å². The first kappa shape index (κ1) is 15.6. The minimum absolute atomic E-state index is 0.0499. The second-order valence-corrected chi connectivity index (χ2v) is 5.92. The zero-order chi connectivity index (χ0) is 16.2. The molecule has 0 saturated carbocycles. The summed E-state index contributed by atoms with van der Waals surface area (Å²) in [6, 6.07) is 14.3. The fourth-order valence-corrected chi connectivity index (χ4v) is 2.43. The van der Waals surface area contributed by atoms with Gasteiger partial charge in [0, 0.05) is 21.0 Å². The summed E-state index contributed by atoms with van der Waals surface area (Å²) in [6.45, 7) is 0. The van der Waals surface area contributed by atoms with Gasteiger partial charge in [-0.1, -0.05) is 16.7 Å². The van der Waals surface area contributed by atoms with Crippen LogP contribution in [0.1, 0.15) is 10.4 Å². The standard InChI is InChI=1S/C16H12ClN3O2S/c1-23-13-8-4-10(5-9-13)14(21)18-16-20-19-15(22-16)11-2-6-12(17)7-3-11/h2-9H,1H3,(H,18,20,21). The highest BCUT2D eigenvalue weighted by atomic mass is 35.5. The Bertz CT molecular complexity index is 816. The number of aromatic nitrogens is 2. The molecule has 0 fully saturated rings. The molecule has 0 saturated heterocycles. The van der Waals surface area contributed by atoms with Gasteiger partial charge in [0.15, 0.2) is 0 Å². The van der Waals surface area contributed by atoms with Crippen LogP contribution in [0, 0.1) is 0 Å². The van der Waals surface area contributed by atoms with Crippen LogP contribution in [0.15, 0.2) is 57.8 Å². The fraction of sp³-hybridized carbons (Fsp3) is 0.0625. The number of hydrogen-bond acceptors (Lipinski definition) is 5. The summed E-state index contributed by atoms with van der Waals surface area (Å²) in [5.74, 6) is 0.0126. The van der Waals surface area contributed by atoms with Crippen molar-refractivity contribution in [2.24, 2.45) is 0 Å². The van der Waals surface area contributed by atoms with E-state index in [-0.39, 0.29) is 11.9 Å². The lowest BCUT2D eigenvalue weighted by Gasteiger charge is -2.01. The summed E-state index contributed by atoms with van der Waals surface area (Å²) in [7, 11) is 0. The zero-order valence-corrected chi connectivity index (χ0v) is 13.7.